The van der Waals surface area contributed by atoms with Crippen LogP contribution in [0.2, 0.25) is 0 Å². The number of aromatic hydroxyl groups is 1. The van der Waals surface area contributed by atoms with Crippen molar-refractivity contribution in [2.45, 2.75) is 25.4 Å². The molecule has 0 radical (unpaired) electrons. The van der Waals surface area contributed by atoms with Crippen molar-refractivity contribution in [1.82, 2.24) is 0 Å². The molecule has 1 aliphatic rings. The molecule has 3 aromatic carbocycles. The van der Waals surface area contributed by atoms with Crippen molar-refractivity contribution in [3.8, 4) is 5.75 Å². The molecule has 144 valence electrons. The normalized spacial score (nSPS) is 18.8. The van der Waals surface area contributed by atoms with Gasteiger partial charge in [-0.3, -0.25) is 0 Å². The molecule has 0 aliphatic carbocycles. The Hall–Kier alpha value is -2.47. The Morgan fingerprint density at radius 3 is 2.25 bits per heavy atom. The van der Waals surface area contributed by atoms with Crippen LogP contribution in [0.4, 0.5) is 18.9 Å². The highest BCUT2D eigenvalue weighted by molar-refractivity contribution is 9.10. The molecule has 28 heavy (non-hydrogen) atoms. The second-order valence-electron chi connectivity index (χ2n) is 7.01. The average molecular weight is 448 g/mol. The smallest absolute Gasteiger partial charge is 0.132 e. The summed E-state index contributed by atoms with van der Waals surface area (Å²) in [6.07, 6.45) is 0.581. The zero-order valence-electron chi connectivity index (χ0n) is 15.0. The van der Waals surface area contributed by atoms with Crippen molar-refractivity contribution in [2.24, 2.45) is 0 Å². The molecule has 0 saturated carbocycles. The van der Waals surface area contributed by atoms with E-state index in [2.05, 4.69) is 15.9 Å². The highest BCUT2D eigenvalue weighted by Crippen LogP contribution is 2.43. The van der Waals surface area contributed by atoms with E-state index >= 15 is 0 Å². The van der Waals surface area contributed by atoms with E-state index in [1.807, 2.05) is 11.8 Å². The van der Waals surface area contributed by atoms with E-state index in [1.54, 1.807) is 24.3 Å². The van der Waals surface area contributed by atoms with Gasteiger partial charge in [0.15, 0.2) is 0 Å². The third-order valence-corrected chi connectivity index (χ3v) is 5.59. The number of fused-ring (bicyclic) bond motifs is 1. The summed E-state index contributed by atoms with van der Waals surface area (Å²) >= 11 is 3.12. The number of rotatable bonds is 2. The molecule has 6 heteroatoms. The molecular weight excluding hydrogens is 431 g/mol. The summed E-state index contributed by atoms with van der Waals surface area (Å²) in [7, 11) is 0. The van der Waals surface area contributed by atoms with Crippen molar-refractivity contribution in [3.05, 3.63) is 93.2 Å². The molecule has 2 atom stereocenters. The number of hydrogen-bond acceptors (Lipinski definition) is 2. The van der Waals surface area contributed by atoms with Crippen LogP contribution in [0.5, 0.6) is 5.75 Å². The molecule has 0 amide bonds. The first-order chi connectivity index (χ1) is 13.3. The summed E-state index contributed by atoms with van der Waals surface area (Å²) in [6.45, 7) is 1.94. The molecule has 0 saturated heterocycles. The molecule has 0 unspecified atom stereocenters. The SMILES string of the molecule is C[C@@H]1Cc2cc(O)ccc2[C@@H](c2c(F)cc(Br)cc2F)N1c1ccc(F)cc1. The minimum absolute atomic E-state index is 0.0778. The predicted molar refractivity (Wildman–Crippen MR) is 106 cm³/mol. The number of phenolic OH excluding ortho intramolecular Hbond substituents is 1. The van der Waals surface area contributed by atoms with Crippen LogP contribution in [0.1, 0.15) is 29.7 Å². The van der Waals surface area contributed by atoms with Crippen LogP contribution in [-0.4, -0.2) is 11.1 Å². The van der Waals surface area contributed by atoms with Gasteiger partial charge < -0.3 is 10.0 Å². The van der Waals surface area contributed by atoms with Gasteiger partial charge >= 0.3 is 0 Å². The summed E-state index contributed by atoms with van der Waals surface area (Å²) in [4.78, 5) is 1.90. The summed E-state index contributed by atoms with van der Waals surface area (Å²) in [6, 6.07) is 12.3. The van der Waals surface area contributed by atoms with Gasteiger partial charge in [0.2, 0.25) is 0 Å². The number of nitrogens with zero attached hydrogens (tertiary/aromatic N) is 1. The fraction of sp³-hybridized carbons (Fsp3) is 0.182. The minimum Gasteiger partial charge on any atom is -0.508 e. The number of benzene rings is 3. The Morgan fingerprint density at radius 1 is 0.964 bits per heavy atom. The number of hydrogen-bond donors (Lipinski definition) is 1. The Labute approximate surface area is 169 Å². The van der Waals surface area contributed by atoms with Gasteiger partial charge in [0.25, 0.3) is 0 Å². The van der Waals surface area contributed by atoms with Crippen LogP contribution >= 0.6 is 15.9 Å². The maximum Gasteiger partial charge on any atom is 0.132 e. The first-order valence-electron chi connectivity index (χ1n) is 8.85. The first kappa shape index (κ1) is 18.9. The Balaban J connectivity index is 1.97. The van der Waals surface area contributed by atoms with E-state index in [4.69, 9.17) is 0 Å². The fourth-order valence-corrected chi connectivity index (χ4v) is 4.38. The lowest BCUT2D eigenvalue weighted by molar-refractivity contribution is 0.466. The Kier molecular flexibility index (Phi) is 4.83. The van der Waals surface area contributed by atoms with E-state index in [0.717, 1.165) is 5.56 Å². The van der Waals surface area contributed by atoms with Gasteiger partial charge in [-0.25, -0.2) is 13.2 Å². The monoisotopic (exact) mass is 447 g/mol. The van der Waals surface area contributed by atoms with E-state index in [0.29, 0.717) is 22.1 Å². The lowest BCUT2D eigenvalue weighted by Gasteiger charge is -2.44. The van der Waals surface area contributed by atoms with Crippen LogP contribution in [0.15, 0.2) is 59.1 Å². The number of phenols is 1. The molecule has 0 fully saturated rings. The maximum atomic E-state index is 14.9. The largest absolute Gasteiger partial charge is 0.508 e. The fourth-order valence-electron chi connectivity index (χ4n) is 3.98. The van der Waals surface area contributed by atoms with Gasteiger partial charge in [-0.1, -0.05) is 22.0 Å². The van der Waals surface area contributed by atoms with Gasteiger partial charge in [-0.05, 0) is 73.0 Å². The first-order valence-corrected chi connectivity index (χ1v) is 9.64. The van der Waals surface area contributed by atoms with Gasteiger partial charge in [0.1, 0.15) is 23.2 Å². The molecule has 4 rings (SSSR count). The summed E-state index contributed by atoms with van der Waals surface area (Å²) in [5, 5.41) is 9.88. The lowest BCUT2D eigenvalue weighted by atomic mass is 9.84. The van der Waals surface area contributed by atoms with Gasteiger partial charge in [-0.2, -0.15) is 0 Å². The third kappa shape index (κ3) is 3.26. The van der Waals surface area contributed by atoms with E-state index < -0.39 is 17.7 Å². The van der Waals surface area contributed by atoms with E-state index in [1.165, 1.54) is 30.3 Å². The van der Waals surface area contributed by atoms with Crippen molar-refractivity contribution >= 4 is 21.6 Å². The standard InChI is InChI=1S/C22H17BrF3NO/c1-12-8-13-9-17(28)6-7-18(13)22(21-19(25)10-14(23)11-20(21)26)27(12)16-4-2-15(24)3-5-16/h2-7,9-12,22,28H,8H2,1H3/t12-,22+/m1/s1. The second kappa shape index (κ2) is 7.17. The van der Waals surface area contributed by atoms with Crippen LogP contribution in [0.3, 0.4) is 0 Å². The van der Waals surface area contributed by atoms with Crippen LogP contribution in [0, 0.1) is 17.5 Å². The summed E-state index contributed by atoms with van der Waals surface area (Å²) in [5.41, 5.74) is 2.13. The zero-order valence-corrected chi connectivity index (χ0v) is 16.6. The number of halogens is 4. The van der Waals surface area contributed by atoms with Gasteiger partial charge in [-0.15, -0.1) is 0 Å². The molecule has 0 bridgehead atoms. The van der Waals surface area contributed by atoms with Gasteiger partial charge in [0.05, 0.1) is 11.6 Å². The van der Waals surface area contributed by atoms with Crippen LogP contribution in [-0.2, 0) is 6.42 Å². The zero-order chi connectivity index (χ0) is 20.0. The van der Waals surface area contributed by atoms with Crippen molar-refractivity contribution in [3.63, 3.8) is 0 Å². The molecular formula is C22H17BrF3NO. The van der Waals surface area contributed by atoms with E-state index in [9.17, 15) is 18.3 Å². The average Bonchev–Trinajstić information content (AvgIpc) is 2.61. The summed E-state index contributed by atoms with van der Waals surface area (Å²) in [5.74, 6) is -1.61. The molecule has 3 aromatic rings. The molecule has 1 heterocycles. The molecule has 0 spiro atoms. The molecule has 1 N–H and O–H groups in total. The second-order valence-corrected chi connectivity index (χ2v) is 7.92. The van der Waals surface area contributed by atoms with Crippen molar-refractivity contribution in [2.75, 3.05) is 4.90 Å². The molecule has 1 aliphatic heterocycles. The minimum atomic E-state index is -0.752. The maximum absolute atomic E-state index is 14.9. The third-order valence-electron chi connectivity index (χ3n) is 5.13. The quantitative estimate of drug-likeness (QED) is 0.511. The van der Waals surface area contributed by atoms with E-state index in [-0.39, 0.29) is 23.2 Å². The van der Waals surface area contributed by atoms with Crippen LogP contribution in [0.25, 0.3) is 0 Å². The van der Waals surface area contributed by atoms with Crippen LogP contribution < -0.4 is 4.90 Å². The Bertz CT molecular complexity index is 1020. The van der Waals surface area contributed by atoms with Crippen molar-refractivity contribution < 1.29 is 18.3 Å². The predicted octanol–water partition coefficient (Wildman–Crippen LogP) is 6.11. The molecule has 0 aromatic heterocycles. The molecule has 2 nitrogen and oxygen atoms in total. The topological polar surface area (TPSA) is 23.5 Å². The Morgan fingerprint density at radius 2 is 1.61 bits per heavy atom. The summed E-state index contributed by atoms with van der Waals surface area (Å²) < 4.78 is 43.7. The highest BCUT2D eigenvalue weighted by atomic mass is 79.9. The number of anilines is 1. The lowest BCUT2D eigenvalue weighted by Crippen LogP contribution is -2.43. The van der Waals surface area contributed by atoms with Crippen molar-refractivity contribution in [1.29, 1.82) is 0 Å². The highest BCUT2D eigenvalue weighted by Gasteiger charge is 2.37. The van der Waals surface area contributed by atoms with Gasteiger partial charge in [0, 0.05) is 16.2 Å².